The summed E-state index contributed by atoms with van der Waals surface area (Å²) in [6, 6.07) is 0.635. The molecular weight excluding hydrogens is 176 g/mol. The maximum atomic E-state index is 5.13. The van der Waals surface area contributed by atoms with Crippen molar-refractivity contribution in [1.82, 2.24) is 10.2 Å². The Kier molecular flexibility index (Phi) is 3.79. The van der Waals surface area contributed by atoms with E-state index in [0.717, 1.165) is 25.7 Å². The van der Waals surface area contributed by atoms with E-state index in [2.05, 4.69) is 17.1 Å². The zero-order chi connectivity index (χ0) is 9.80. The Hall–Kier alpha value is -0.120. The quantitative estimate of drug-likeness (QED) is 0.704. The summed E-state index contributed by atoms with van der Waals surface area (Å²) in [5.41, 5.74) is 0. The van der Waals surface area contributed by atoms with E-state index in [9.17, 15) is 0 Å². The fraction of sp³-hybridized carbons (Fsp3) is 1.00. The number of hydrogen-bond donors (Lipinski definition) is 1. The van der Waals surface area contributed by atoms with Crippen LogP contribution >= 0.6 is 0 Å². The largest absolute Gasteiger partial charge is 0.378 e. The number of ether oxygens (including phenoxy) is 1. The highest BCUT2D eigenvalue weighted by Crippen LogP contribution is 2.10. The third-order valence-electron chi connectivity index (χ3n) is 3.16. The molecule has 1 unspecified atom stereocenters. The van der Waals surface area contributed by atoms with Crippen molar-refractivity contribution < 1.29 is 4.74 Å². The summed E-state index contributed by atoms with van der Waals surface area (Å²) in [7, 11) is 0. The Morgan fingerprint density at radius 2 is 2.07 bits per heavy atom. The molecule has 2 fully saturated rings. The van der Waals surface area contributed by atoms with Crippen LogP contribution in [0.4, 0.5) is 0 Å². The van der Waals surface area contributed by atoms with Crippen LogP contribution in [-0.2, 0) is 4.74 Å². The van der Waals surface area contributed by atoms with Crippen LogP contribution in [0.25, 0.3) is 0 Å². The Balaban J connectivity index is 1.55. The number of rotatable bonds is 5. The minimum atomic E-state index is 0.635. The lowest BCUT2D eigenvalue weighted by molar-refractivity contribution is -0.00660. The molecule has 0 aromatic rings. The summed E-state index contributed by atoms with van der Waals surface area (Å²) < 4.78 is 5.13. The summed E-state index contributed by atoms with van der Waals surface area (Å²) in [5.74, 6) is 0.772. The van der Waals surface area contributed by atoms with Gasteiger partial charge in [0.2, 0.25) is 0 Å². The maximum absolute atomic E-state index is 5.13. The van der Waals surface area contributed by atoms with Crippen molar-refractivity contribution in [3.8, 4) is 0 Å². The summed E-state index contributed by atoms with van der Waals surface area (Å²) in [6.45, 7) is 9.20. The van der Waals surface area contributed by atoms with Crippen molar-refractivity contribution >= 4 is 0 Å². The van der Waals surface area contributed by atoms with Crippen molar-refractivity contribution in [2.24, 2.45) is 5.92 Å². The lowest BCUT2D eigenvalue weighted by Crippen LogP contribution is -2.48. The summed E-state index contributed by atoms with van der Waals surface area (Å²) in [6.07, 6.45) is 2.80. The SMILES string of the molecule is CC(CNC1COC1)CN1CCCC1. The predicted octanol–water partition coefficient (Wildman–Crippen LogP) is 0.707. The van der Waals surface area contributed by atoms with Crippen LogP contribution in [0.15, 0.2) is 0 Å². The fourth-order valence-corrected chi connectivity index (χ4v) is 2.19. The van der Waals surface area contributed by atoms with Crippen LogP contribution in [0.2, 0.25) is 0 Å². The number of nitrogens with one attached hydrogen (secondary N) is 1. The Labute approximate surface area is 86.8 Å². The van der Waals surface area contributed by atoms with E-state index in [-0.39, 0.29) is 0 Å². The van der Waals surface area contributed by atoms with E-state index in [1.807, 2.05) is 0 Å². The lowest BCUT2D eigenvalue weighted by atomic mass is 10.1. The van der Waals surface area contributed by atoms with Gasteiger partial charge in [-0.1, -0.05) is 6.92 Å². The van der Waals surface area contributed by atoms with Gasteiger partial charge in [0, 0.05) is 6.54 Å². The monoisotopic (exact) mass is 198 g/mol. The predicted molar refractivity (Wildman–Crippen MR) is 57.4 cm³/mol. The van der Waals surface area contributed by atoms with Gasteiger partial charge in [0.1, 0.15) is 0 Å². The molecule has 3 heteroatoms. The highest BCUT2D eigenvalue weighted by Gasteiger charge is 2.19. The van der Waals surface area contributed by atoms with Crippen LogP contribution in [0.3, 0.4) is 0 Å². The molecule has 0 aromatic carbocycles. The van der Waals surface area contributed by atoms with Gasteiger partial charge in [-0.15, -0.1) is 0 Å². The van der Waals surface area contributed by atoms with Crippen LogP contribution in [0.1, 0.15) is 19.8 Å². The highest BCUT2D eigenvalue weighted by molar-refractivity contribution is 4.75. The van der Waals surface area contributed by atoms with E-state index in [0.29, 0.717) is 6.04 Å². The van der Waals surface area contributed by atoms with E-state index >= 15 is 0 Å². The van der Waals surface area contributed by atoms with E-state index in [1.165, 1.54) is 32.5 Å². The summed E-state index contributed by atoms with van der Waals surface area (Å²) in [5, 5.41) is 3.54. The van der Waals surface area contributed by atoms with Gasteiger partial charge < -0.3 is 15.0 Å². The zero-order valence-electron chi connectivity index (χ0n) is 9.17. The molecule has 14 heavy (non-hydrogen) atoms. The average Bonchev–Trinajstić information content (AvgIpc) is 2.54. The lowest BCUT2D eigenvalue weighted by Gasteiger charge is -2.29. The van der Waals surface area contributed by atoms with E-state index in [1.54, 1.807) is 0 Å². The van der Waals surface area contributed by atoms with E-state index in [4.69, 9.17) is 4.74 Å². The van der Waals surface area contributed by atoms with Gasteiger partial charge in [-0.3, -0.25) is 0 Å². The first kappa shape index (κ1) is 10.4. The topological polar surface area (TPSA) is 24.5 Å². The third kappa shape index (κ3) is 2.94. The molecule has 2 rings (SSSR count). The van der Waals surface area contributed by atoms with Gasteiger partial charge in [0.25, 0.3) is 0 Å². The minimum Gasteiger partial charge on any atom is -0.378 e. The molecule has 0 aromatic heterocycles. The van der Waals surface area contributed by atoms with Crippen LogP contribution in [-0.4, -0.2) is 50.3 Å². The first-order chi connectivity index (χ1) is 6.84. The number of likely N-dealkylation sites (tertiary alicyclic amines) is 1. The van der Waals surface area contributed by atoms with Gasteiger partial charge >= 0.3 is 0 Å². The normalized spacial score (nSPS) is 26.4. The fourth-order valence-electron chi connectivity index (χ4n) is 2.19. The molecule has 0 aliphatic carbocycles. The second-order valence-corrected chi connectivity index (χ2v) is 4.76. The van der Waals surface area contributed by atoms with Crippen LogP contribution < -0.4 is 5.32 Å². The van der Waals surface area contributed by atoms with Gasteiger partial charge in [-0.25, -0.2) is 0 Å². The van der Waals surface area contributed by atoms with Crippen LogP contribution in [0.5, 0.6) is 0 Å². The molecule has 3 nitrogen and oxygen atoms in total. The Bertz CT molecular complexity index is 165. The smallest absolute Gasteiger partial charge is 0.0643 e. The standard InChI is InChI=1S/C11H22N2O/c1-10(6-12-11-8-14-9-11)7-13-4-2-3-5-13/h10-12H,2-9H2,1H3. The molecule has 2 aliphatic rings. The van der Waals surface area contributed by atoms with E-state index < -0.39 is 0 Å². The first-order valence-electron chi connectivity index (χ1n) is 5.88. The van der Waals surface area contributed by atoms with Crippen molar-refractivity contribution in [2.75, 3.05) is 39.4 Å². The maximum Gasteiger partial charge on any atom is 0.0643 e. The number of hydrogen-bond acceptors (Lipinski definition) is 3. The van der Waals surface area contributed by atoms with Crippen molar-refractivity contribution in [3.05, 3.63) is 0 Å². The molecule has 82 valence electrons. The molecular formula is C11H22N2O. The molecule has 2 saturated heterocycles. The van der Waals surface area contributed by atoms with Crippen molar-refractivity contribution in [2.45, 2.75) is 25.8 Å². The summed E-state index contributed by atoms with van der Waals surface area (Å²) in [4.78, 5) is 2.59. The molecule has 2 heterocycles. The molecule has 1 atom stereocenters. The Morgan fingerprint density at radius 1 is 1.36 bits per heavy atom. The second kappa shape index (κ2) is 5.10. The van der Waals surface area contributed by atoms with Gasteiger partial charge in [-0.2, -0.15) is 0 Å². The molecule has 0 bridgehead atoms. The van der Waals surface area contributed by atoms with Gasteiger partial charge in [0.15, 0.2) is 0 Å². The molecule has 2 aliphatic heterocycles. The molecule has 0 saturated carbocycles. The second-order valence-electron chi connectivity index (χ2n) is 4.76. The van der Waals surface area contributed by atoms with Crippen molar-refractivity contribution in [3.63, 3.8) is 0 Å². The molecule has 0 radical (unpaired) electrons. The Morgan fingerprint density at radius 3 is 2.64 bits per heavy atom. The zero-order valence-corrected chi connectivity index (χ0v) is 9.17. The first-order valence-corrected chi connectivity index (χ1v) is 5.88. The highest BCUT2D eigenvalue weighted by atomic mass is 16.5. The summed E-state index contributed by atoms with van der Waals surface area (Å²) >= 11 is 0. The average molecular weight is 198 g/mol. The van der Waals surface area contributed by atoms with Gasteiger partial charge in [0.05, 0.1) is 19.3 Å². The van der Waals surface area contributed by atoms with Crippen LogP contribution in [0, 0.1) is 5.92 Å². The van der Waals surface area contributed by atoms with Gasteiger partial charge in [-0.05, 0) is 38.4 Å². The minimum absolute atomic E-state index is 0.635. The molecule has 0 amide bonds. The van der Waals surface area contributed by atoms with Crippen molar-refractivity contribution in [1.29, 1.82) is 0 Å². The number of nitrogens with zero attached hydrogens (tertiary/aromatic N) is 1. The molecule has 0 spiro atoms. The molecule has 1 N–H and O–H groups in total. The third-order valence-corrected chi connectivity index (χ3v) is 3.16.